The highest BCUT2D eigenvalue weighted by atomic mass is 16.5. The van der Waals surface area contributed by atoms with Crippen LogP contribution < -0.4 is 16.4 Å². The highest BCUT2D eigenvalue weighted by Gasteiger charge is 2.22. The quantitative estimate of drug-likeness (QED) is 0.0994. The molecular formula is C31H33N3O6. The largest absolute Gasteiger partial charge is 0.478 e. The summed E-state index contributed by atoms with van der Waals surface area (Å²) in [5.74, 6) is -0.448. The predicted octanol–water partition coefficient (Wildman–Crippen LogP) is 4.93. The van der Waals surface area contributed by atoms with Crippen LogP contribution in [0.15, 0.2) is 65.6 Å². The number of hydrogen-bond donors (Lipinski definition) is 4. The molecule has 0 saturated heterocycles. The van der Waals surface area contributed by atoms with Crippen LogP contribution in [-0.2, 0) is 14.3 Å². The molecule has 0 unspecified atom stereocenters. The number of nitrogens with two attached hydrogens (primary N) is 1. The molecule has 208 valence electrons. The van der Waals surface area contributed by atoms with E-state index < -0.39 is 5.97 Å². The van der Waals surface area contributed by atoms with Crippen molar-refractivity contribution in [2.45, 2.75) is 19.8 Å². The van der Waals surface area contributed by atoms with Crippen molar-refractivity contribution in [3.05, 3.63) is 77.7 Å². The zero-order valence-corrected chi connectivity index (χ0v) is 22.4. The number of carboxylic acid groups (broad SMARTS) is 1. The van der Waals surface area contributed by atoms with E-state index in [1.54, 1.807) is 55.5 Å². The molecule has 0 aromatic heterocycles. The number of carbonyl (C=O) groups excluding carboxylic acids is 1. The molecule has 4 rings (SSSR count). The molecule has 9 heteroatoms. The van der Waals surface area contributed by atoms with Crippen molar-refractivity contribution in [2.24, 2.45) is 0 Å². The average molecular weight is 544 g/mol. The number of aromatic carboxylic acids is 1. The van der Waals surface area contributed by atoms with E-state index in [-0.39, 0.29) is 16.7 Å². The van der Waals surface area contributed by atoms with Crippen LogP contribution in [0.25, 0.3) is 39.1 Å². The Kier molecular flexibility index (Phi) is 9.31. The molecule has 9 nitrogen and oxygen atoms in total. The molecule has 2 aromatic carbocycles. The van der Waals surface area contributed by atoms with Gasteiger partial charge in [-0.1, -0.05) is 12.6 Å². The summed E-state index contributed by atoms with van der Waals surface area (Å²) in [6, 6.07) is 15.3. The molecule has 1 heterocycles. The van der Waals surface area contributed by atoms with Gasteiger partial charge in [0.15, 0.2) is 0 Å². The lowest BCUT2D eigenvalue weighted by Gasteiger charge is -2.18. The molecular weight excluding hydrogens is 510 g/mol. The van der Waals surface area contributed by atoms with Gasteiger partial charge in [0.1, 0.15) is 17.1 Å². The molecule has 1 aliphatic heterocycles. The second kappa shape index (κ2) is 13.1. The van der Waals surface area contributed by atoms with Gasteiger partial charge in [-0.25, -0.2) is 4.79 Å². The number of hydrogen-bond acceptors (Lipinski definition) is 8. The first-order valence-electron chi connectivity index (χ1n) is 13.0. The minimum atomic E-state index is -1.06. The Balaban J connectivity index is 1.53. The Bertz CT molecular complexity index is 1580. The summed E-state index contributed by atoms with van der Waals surface area (Å²) in [5, 5.41) is 22.3. The van der Waals surface area contributed by atoms with Crippen molar-refractivity contribution in [1.82, 2.24) is 5.32 Å². The minimum Gasteiger partial charge on any atom is -0.478 e. The van der Waals surface area contributed by atoms with Crippen molar-refractivity contribution in [3.63, 3.8) is 0 Å². The zero-order chi connectivity index (χ0) is 28.6. The zero-order valence-electron chi connectivity index (χ0n) is 22.4. The molecule has 0 saturated carbocycles. The maximum absolute atomic E-state index is 12.3. The number of nitrogens with one attached hydrogen (secondary N) is 2. The summed E-state index contributed by atoms with van der Waals surface area (Å²) in [6.45, 7) is 8.07. The number of rotatable bonds is 14. The molecule has 0 fully saturated rings. The molecule has 0 spiro atoms. The summed E-state index contributed by atoms with van der Waals surface area (Å²) in [5.41, 5.74) is 10.3. The van der Waals surface area contributed by atoms with Crippen molar-refractivity contribution < 1.29 is 28.6 Å². The molecule has 0 amide bonds. The van der Waals surface area contributed by atoms with Crippen molar-refractivity contribution in [2.75, 3.05) is 38.7 Å². The molecule has 0 radical (unpaired) electrons. The first-order chi connectivity index (χ1) is 19.2. The molecule has 1 aliphatic carbocycles. The molecule has 2 aliphatic rings. The summed E-state index contributed by atoms with van der Waals surface area (Å²) in [7, 11) is 0. The van der Waals surface area contributed by atoms with Gasteiger partial charge in [-0.05, 0) is 60.9 Å². The van der Waals surface area contributed by atoms with Gasteiger partial charge in [0, 0.05) is 59.6 Å². The van der Waals surface area contributed by atoms with Gasteiger partial charge in [0.25, 0.3) is 0 Å². The topological polar surface area (TPSA) is 148 Å². The number of benzene rings is 3. The van der Waals surface area contributed by atoms with Crippen LogP contribution >= 0.6 is 0 Å². The van der Waals surface area contributed by atoms with Crippen LogP contribution in [0.5, 0.6) is 0 Å². The van der Waals surface area contributed by atoms with Gasteiger partial charge in [0.2, 0.25) is 0 Å². The fourth-order valence-corrected chi connectivity index (χ4v) is 4.44. The molecule has 2 aromatic rings. The highest BCUT2D eigenvalue weighted by molar-refractivity contribution is 6.08. The smallest absolute Gasteiger partial charge is 0.336 e. The second-order valence-electron chi connectivity index (χ2n) is 9.44. The van der Waals surface area contributed by atoms with Gasteiger partial charge < -0.3 is 40.3 Å². The Morgan fingerprint density at radius 1 is 1.00 bits per heavy atom. The lowest BCUT2D eigenvalue weighted by atomic mass is 9.89. The van der Waals surface area contributed by atoms with Gasteiger partial charge in [-0.15, -0.1) is 0 Å². The van der Waals surface area contributed by atoms with Crippen molar-refractivity contribution >= 4 is 34.1 Å². The standard InChI is InChI=1S/C31H33N3O6/c1-19(35)4-3-12-38-14-15-39-13-11-34-20(2)21-5-8-24(31(36)37)27(16-21)30-25-9-6-22(32)17-28(25)40-29-18-23(33)7-10-26(29)30/h5-10,16-18,32,34H,2-4,11-15,33H2,1H3,(H,36,37). The molecule has 40 heavy (non-hydrogen) atoms. The van der Waals surface area contributed by atoms with Crippen LogP contribution in [-0.4, -0.2) is 49.8 Å². The third kappa shape index (κ3) is 6.93. The van der Waals surface area contributed by atoms with Crippen LogP contribution in [0.3, 0.4) is 0 Å². The Morgan fingerprint density at radius 2 is 1.77 bits per heavy atom. The highest BCUT2D eigenvalue weighted by Crippen LogP contribution is 2.42. The molecule has 5 N–H and O–H groups in total. The number of carbonyl (C=O) groups is 2. The van der Waals surface area contributed by atoms with Crippen molar-refractivity contribution in [1.29, 1.82) is 5.41 Å². The van der Waals surface area contributed by atoms with E-state index in [0.717, 1.165) is 5.56 Å². The third-order valence-electron chi connectivity index (χ3n) is 6.39. The fraction of sp³-hybridized carbons (Fsp3) is 0.258. The van der Waals surface area contributed by atoms with Crippen LogP contribution in [0.2, 0.25) is 0 Å². The number of Topliss-reactive ketones (excluding diaryl/α,β-unsaturated/α-hetero) is 1. The molecule has 0 atom stereocenters. The van der Waals surface area contributed by atoms with Gasteiger partial charge >= 0.3 is 5.97 Å². The van der Waals surface area contributed by atoms with Crippen LogP contribution in [0.4, 0.5) is 5.69 Å². The number of anilines is 1. The minimum absolute atomic E-state index is 0.128. The second-order valence-corrected chi connectivity index (χ2v) is 9.44. The summed E-state index contributed by atoms with van der Waals surface area (Å²) >= 11 is 0. The van der Waals surface area contributed by atoms with E-state index in [1.807, 2.05) is 6.07 Å². The van der Waals surface area contributed by atoms with E-state index in [0.29, 0.717) is 90.6 Å². The number of nitrogen functional groups attached to an aromatic ring is 1. The lowest BCUT2D eigenvalue weighted by molar-refractivity contribution is -0.117. The summed E-state index contributed by atoms with van der Waals surface area (Å²) in [4.78, 5) is 23.2. The van der Waals surface area contributed by atoms with Crippen molar-refractivity contribution in [3.8, 4) is 22.5 Å². The summed E-state index contributed by atoms with van der Waals surface area (Å²) < 4.78 is 17.1. The number of fused-ring (bicyclic) bond motifs is 2. The van der Waals surface area contributed by atoms with Gasteiger partial charge in [-0.2, -0.15) is 0 Å². The van der Waals surface area contributed by atoms with E-state index in [4.69, 9.17) is 25.0 Å². The van der Waals surface area contributed by atoms with E-state index >= 15 is 0 Å². The normalized spacial score (nSPS) is 11.1. The summed E-state index contributed by atoms with van der Waals surface area (Å²) in [6.07, 6.45) is 1.23. The monoisotopic (exact) mass is 543 g/mol. The fourth-order valence-electron chi connectivity index (χ4n) is 4.44. The first-order valence-corrected chi connectivity index (χ1v) is 13.0. The Hall–Kier alpha value is -4.47. The Morgan fingerprint density at radius 3 is 2.52 bits per heavy atom. The maximum Gasteiger partial charge on any atom is 0.336 e. The number of ether oxygens (including phenoxy) is 2. The maximum atomic E-state index is 12.3. The average Bonchev–Trinajstić information content (AvgIpc) is 2.91. The lowest BCUT2D eigenvalue weighted by Crippen LogP contribution is -2.19. The first kappa shape index (κ1) is 28.5. The molecule has 0 bridgehead atoms. The van der Waals surface area contributed by atoms with E-state index in [9.17, 15) is 14.7 Å². The Labute approximate surface area is 232 Å². The van der Waals surface area contributed by atoms with Crippen LogP contribution in [0.1, 0.15) is 35.7 Å². The number of carboxylic acids is 1. The van der Waals surface area contributed by atoms with Gasteiger partial charge in [-0.3, -0.25) is 0 Å². The third-order valence-corrected chi connectivity index (χ3v) is 6.39. The SMILES string of the molecule is C=C(NCCOCCOCCCC(C)=O)c1ccc(C(=O)O)c(-c2c3ccc(=N)cc-3oc3cc(N)ccc23)c1. The van der Waals surface area contributed by atoms with Crippen LogP contribution in [0, 0.1) is 5.41 Å². The van der Waals surface area contributed by atoms with E-state index in [2.05, 4.69) is 11.9 Å². The predicted molar refractivity (Wildman–Crippen MR) is 154 cm³/mol. The number of ketones is 1. The van der Waals surface area contributed by atoms with E-state index in [1.165, 1.54) is 0 Å². The van der Waals surface area contributed by atoms with Gasteiger partial charge in [0.05, 0.1) is 30.7 Å².